The average Bonchev–Trinajstić information content (AvgIpc) is 3.21. The van der Waals surface area contributed by atoms with E-state index in [0.29, 0.717) is 6.54 Å². The second-order valence-electron chi connectivity index (χ2n) is 10.6. The summed E-state index contributed by atoms with van der Waals surface area (Å²) in [5.41, 5.74) is 15.1. The monoisotopic (exact) mass is 587 g/mol. The minimum atomic E-state index is 0.121. The van der Waals surface area contributed by atoms with Crippen molar-refractivity contribution < 1.29 is 0 Å². The number of hydrogen-bond acceptors (Lipinski definition) is 2. The maximum absolute atomic E-state index is 4.32. The van der Waals surface area contributed by atoms with E-state index < -0.39 is 0 Å². The average molecular weight is 588 g/mol. The number of thiophene rings is 1. The van der Waals surface area contributed by atoms with Crippen LogP contribution in [0.4, 0.5) is 0 Å². The summed E-state index contributed by atoms with van der Waals surface area (Å²) in [7, 11) is 0. The van der Waals surface area contributed by atoms with Crippen LogP contribution >= 0.6 is 11.3 Å². The Balaban J connectivity index is 1.66. The van der Waals surface area contributed by atoms with Crippen LogP contribution in [0.3, 0.4) is 0 Å². The van der Waals surface area contributed by atoms with E-state index in [0.717, 1.165) is 33.6 Å². The van der Waals surface area contributed by atoms with Gasteiger partial charge in [0.15, 0.2) is 0 Å². The van der Waals surface area contributed by atoms with Gasteiger partial charge in [-0.2, -0.15) is 0 Å². The van der Waals surface area contributed by atoms with Crippen molar-refractivity contribution >= 4 is 42.7 Å². The molecule has 2 aromatic carbocycles. The van der Waals surface area contributed by atoms with E-state index in [1.165, 1.54) is 31.3 Å². The van der Waals surface area contributed by atoms with Gasteiger partial charge < -0.3 is 5.32 Å². The van der Waals surface area contributed by atoms with Gasteiger partial charge in [0.1, 0.15) is 0 Å². The highest BCUT2D eigenvalue weighted by Gasteiger charge is 2.16. The first kappa shape index (κ1) is 30.4. The molecule has 1 aromatic heterocycles. The van der Waals surface area contributed by atoms with E-state index in [9.17, 15) is 0 Å². The van der Waals surface area contributed by atoms with Crippen molar-refractivity contribution in [2.24, 2.45) is 5.92 Å². The van der Waals surface area contributed by atoms with Gasteiger partial charge in [0, 0.05) is 32.4 Å². The van der Waals surface area contributed by atoms with E-state index >= 15 is 0 Å². The molecule has 2 heteroatoms. The van der Waals surface area contributed by atoms with E-state index in [4.69, 9.17) is 0 Å². The fraction of sp³-hybridized carbons (Fsp3) is 0.0952. The molecular formula is C42H37NS. The van der Waals surface area contributed by atoms with Crippen molar-refractivity contribution in [1.82, 2.24) is 5.32 Å². The van der Waals surface area contributed by atoms with Gasteiger partial charge >= 0.3 is 0 Å². The Hall–Kier alpha value is -5.10. The highest BCUT2D eigenvalue weighted by Crippen LogP contribution is 2.42. The molecule has 1 aliphatic carbocycles. The molecule has 0 saturated heterocycles. The van der Waals surface area contributed by atoms with Gasteiger partial charge in [-0.05, 0) is 94.4 Å². The number of rotatable bonds is 5. The summed E-state index contributed by atoms with van der Waals surface area (Å²) in [5.74, 6) is 0.121. The lowest BCUT2D eigenvalue weighted by atomic mass is 9.94. The van der Waals surface area contributed by atoms with Gasteiger partial charge in [0.25, 0.3) is 0 Å². The van der Waals surface area contributed by atoms with Gasteiger partial charge in [-0.25, -0.2) is 0 Å². The zero-order valence-electron chi connectivity index (χ0n) is 25.4. The maximum atomic E-state index is 4.32. The predicted molar refractivity (Wildman–Crippen MR) is 195 cm³/mol. The molecule has 1 nitrogen and oxygen atoms in total. The van der Waals surface area contributed by atoms with Crippen molar-refractivity contribution in [3.63, 3.8) is 0 Å². The van der Waals surface area contributed by atoms with Crippen molar-refractivity contribution in [3.05, 3.63) is 192 Å². The normalized spacial score (nSPS) is 20.5. The first-order chi connectivity index (χ1) is 21.5. The minimum Gasteiger partial charge on any atom is -0.382 e. The highest BCUT2D eigenvalue weighted by molar-refractivity contribution is 7.26. The molecule has 0 saturated carbocycles. The van der Waals surface area contributed by atoms with Crippen molar-refractivity contribution in [2.45, 2.75) is 13.8 Å². The molecule has 0 spiro atoms. The topological polar surface area (TPSA) is 12.0 Å². The van der Waals surface area contributed by atoms with Crippen LogP contribution in [0.15, 0.2) is 181 Å². The molecule has 0 bridgehead atoms. The van der Waals surface area contributed by atoms with Crippen molar-refractivity contribution in [3.8, 4) is 0 Å². The molecule has 1 unspecified atom stereocenters. The van der Waals surface area contributed by atoms with E-state index in [1.807, 2.05) is 59.9 Å². The van der Waals surface area contributed by atoms with Gasteiger partial charge in [-0.1, -0.05) is 112 Å². The fourth-order valence-corrected chi connectivity index (χ4v) is 6.57. The number of nitrogens with one attached hydrogen (secondary N) is 1. The van der Waals surface area contributed by atoms with Crippen molar-refractivity contribution in [1.29, 1.82) is 0 Å². The lowest BCUT2D eigenvalue weighted by Crippen LogP contribution is -2.10. The van der Waals surface area contributed by atoms with Crippen LogP contribution in [0, 0.1) is 5.92 Å². The quantitative estimate of drug-likeness (QED) is 0.231. The van der Waals surface area contributed by atoms with Crippen LogP contribution in [-0.2, 0) is 0 Å². The summed E-state index contributed by atoms with van der Waals surface area (Å²) in [6, 6.07) is 13.2. The van der Waals surface area contributed by atoms with Gasteiger partial charge in [0.2, 0.25) is 0 Å². The van der Waals surface area contributed by atoms with Crippen LogP contribution in [0.1, 0.15) is 25.0 Å². The molecule has 2 aliphatic rings. The van der Waals surface area contributed by atoms with Crippen molar-refractivity contribution in [2.75, 3.05) is 6.54 Å². The third kappa shape index (κ3) is 6.92. The molecule has 0 amide bonds. The lowest BCUT2D eigenvalue weighted by Gasteiger charge is -2.11. The molecule has 44 heavy (non-hydrogen) atoms. The van der Waals surface area contributed by atoms with Crippen LogP contribution < -0.4 is 5.32 Å². The summed E-state index contributed by atoms with van der Waals surface area (Å²) >= 11 is 1.84. The number of fused-ring (bicyclic) bond motifs is 3. The number of hydrogen-bond donors (Lipinski definition) is 1. The first-order valence-electron chi connectivity index (χ1n) is 14.8. The third-order valence-electron chi connectivity index (χ3n) is 7.67. The Morgan fingerprint density at radius 2 is 1.73 bits per heavy atom. The molecular weight excluding hydrogens is 551 g/mol. The van der Waals surface area contributed by atoms with Gasteiger partial charge in [-0.3, -0.25) is 0 Å². The van der Waals surface area contributed by atoms with E-state index in [1.54, 1.807) is 0 Å². The Bertz CT molecular complexity index is 1990. The molecule has 3 aromatic rings. The lowest BCUT2D eigenvalue weighted by molar-refractivity contribution is 0.898. The summed E-state index contributed by atoms with van der Waals surface area (Å²) in [6.45, 7) is 17.7. The molecule has 0 fully saturated rings. The Labute approximate surface area is 265 Å². The Kier molecular flexibility index (Phi) is 9.92. The second kappa shape index (κ2) is 14.4. The second-order valence-corrected chi connectivity index (χ2v) is 11.6. The summed E-state index contributed by atoms with van der Waals surface area (Å²) in [5, 5.41) is 5.85. The van der Waals surface area contributed by atoms with Gasteiger partial charge in [0.05, 0.1) is 0 Å². The van der Waals surface area contributed by atoms with Crippen LogP contribution in [0.2, 0.25) is 0 Å². The Morgan fingerprint density at radius 3 is 2.55 bits per heavy atom. The molecule has 1 aliphatic heterocycles. The fourth-order valence-electron chi connectivity index (χ4n) is 5.20. The third-order valence-corrected chi connectivity index (χ3v) is 8.96. The van der Waals surface area contributed by atoms with Crippen LogP contribution in [0.25, 0.3) is 31.3 Å². The molecule has 1 atom stereocenters. The van der Waals surface area contributed by atoms with Crippen LogP contribution in [-0.4, -0.2) is 6.54 Å². The van der Waals surface area contributed by atoms with E-state index in [2.05, 4.69) is 129 Å². The molecule has 5 rings (SSSR count). The minimum absolute atomic E-state index is 0.121. The summed E-state index contributed by atoms with van der Waals surface area (Å²) in [6.07, 6.45) is 30.9. The van der Waals surface area contributed by atoms with Gasteiger partial charge in [-0.15, -0.1) is 22.8 Å². The zero-order chi connectivity index (χ0) is 30.9. The SMILES string of the molecule is C=C/C(=C\C(=C/C)C1=CC=C=CC=C1)c1cccc2c1sc1c(C3=C/C(C)C(=C)C=C=C/C=C\CNC(=C)/C=C\3)cccc12. The predicted octanol–water partition coefficient (Wildman–Crippen LogP) is 11.3. The summed E-state index contributed by atoms with van der Waals surface area (Å²) in [4.78, 5) is 0. The number of benzene rings is 2. The zero-order valence-corrected chi connectivity index (χ0v) is 26.3. The standard InChI is InChI=1S/C42H37NS/c1-6-33(35-19-13-8-9-14-20-35)29-34(7-2)37-21-16-23-39-40-24-17-22-38(42(40)44-41(37)39)36-26-25-32(5)43-27-15-11-10-12-18-30(3)31(4)28-36/h6-8,10-11,13-26,28-29,31,43H,2-3,5,27H2,1,4H3/b15-11-,26-25-,33-6+,34-29+,36-28+. The van der Waals surface area contributed by atoms with Crippen LogP contribution in [0.5, 0.6) is 0 Å². The molecule has 2 heterocycles. The summed E-state index contributed by atoms with van der Waals surface area (Å²) < 4.78 is 2.50. The molecule has 1 N–H and O–H groups in total. The molecule has 216 valence electrons. The number of allylic oxidation sites excluding steroid dienone is 17. The molecule has 0 radical (unpaired) electrons. The maximum Gasteiger partial charge on any atom is 0.0434 e. The largest absolute Gasteiger partial charge is 0.382 e. The Morgan fingerprint density at radius 1 is 0.932 bits per heavy atom. The highest BCUT2D eigenvalue weighted by atomic mass is 32.1. The first-order valence-corrected chi connectivity index (χ1v) is 15.7. The smallest absolute Gasteiger partial charge is 0.0434 e. The van der Waals surface area contributed by atoms with E-state index in [-0.39, 0.29) is 5.92 Å².